The van der Waals surface area contributed by atoms with Crippen molar-refractivity contribution >= 4 is 29.0 Å². The first-order chi connectivity index (χ1) is 8.65. The van der Waals surface area contributed by atoms with Crippen molar-refractivity contribution in [1.82, 2.24) is 4.98 Å². The smallest absolute Gasteiger partial charge is 0.200 e. The largest absolute Gasteiger partial charge is 0.484 e. The van der Waals surface area contributed by atoms with Gasteiger partial charge in [0, 0.05) is 22.8 Å². The standard InChI is InChI=1S/C13H9Cl2NO2/c14-10-3-1-2-9(4-10)13(17)8-18-12-5-11(15)6-16-7-12/h1-7H,8H2. The van der Waals surface area contributed by atoms with E-state index in [0.717, 1.165) is 0 Å². The molecule has 0 saturated heterocycles. The zero-order valence-corrected chi connectivity index (χ0v) is 10.8. The van der Waals surface area contributed by atoms with Gasteiger partial charge in [0.1, 0.15) is 5.75 Å². The Balaban J connectivity index is 2.00. The van der Waals surface area contributed by atoms with Gasteiger partial charge >= 0.3 is 0 Å². The van der Waals surface area contributed by atoms with Gasteiger partial charge < -0.3 is 4.74 Å². The molecule has 0 aliphatic heterocycles. The van der Waals surface area contributed by atoms with Crippen LogP contribution in [0.5, 0.6) is 5.75 Å². The van der Waals surface area contributed by atoms with Crippen molar-refractivity contribution in [2.45, 2.75) is 0 Å². The first-order valence-corrected chi connectivity index (χ1v) is 5.93. The zero-order valence-electron chi connectivity index (χ0n) is 9.27. The van der Waals surface area contributed by atoms with Crippen LogP contribution in [-0.2, 0) is 0 Å². The summed E-state index contributed by atoms with van der Waals surface area (Å²) in [5, 5.41) is 0.980. The van der Waals surface area contributed by atoms with Crippen LogP contribution in [0, 0.1) is 0 Å². The third-order valence-corrected chi connectivity index (χ3v) is 2.64. The second-order valence-corrected chi connectivity index (χ2v) is 4.43. The number of nitrogens with zero attached hydrogens (tertiary/aromatic N) is 1. The van der Waals surface area contributed by atoms with E-state index < -0.39 is 0 Å². The fraction of sp³-hybridized carbons (Fsp3) is 0.0769. The molecule has 0 radical (unpaired) electrons. The molecule has 0 aliphatic rings. The number of halogens is 2. The average Bonchev–Trinajstić information content (AvgIpc) is 2.36. The van der Waals surface area contributed by atoms with Gasteiger partial charge in [-0.2, -0.15) is 0 Å². The number of benzene rings is 1. The van der Waals surface area contributed by atoms with Crippen molar-refractivity contribution < 1.29 is 9.53 Å². The van der Waals surface area contributed by atoms with Crippen molar-refractivity contribution in [3.8, 4) is 5.75 Å². The molecule has 0 saturated carbocycles. The highest BCUT2D eigenvalue weighted by Crippen LogP contribution is 2.16. The summed E-state index contributed by atoms with van der Waals surface area (Å²) in [6.45, 7) is -0.0810. The molecule has 18 heavy (non-hydrogen) atoms. The molecule has 0 bridgehead atoms. The highest BCUT2D eigenvalue weighted by Gasteiger charge is 2.07. The minimum absolute atomic E-state index is 0.0810. The molecule has 1 heterocycles. The van der Waals surface area contributed by atoms with Gasteiger partial charge in [0.25, 0.3) is 0 Å². The van der Waals surface area contributed by atoms with Gasteiger partial charge in [-0.25, -0.2) is 0 Å². The van der Waals surface area contributed by atoms with Gasteiger partial charge in [-0.05, 0) is 12.1 Å². The summed E-state index contributed by atoms with van der Waals surface area (Å²) in [5.74, 6) is 0.301. The van der Waals surface area contributed by atoms with Crippen LogP contribution in [0.25, 0.3) is 0 Å². The molecule has 1 aromatic carbocycles. The molecule has 0 spiro atoms. The highest BCUT2D eigenvalue weighted by atomic mass is 35.5. The van der Waals surface area contributed by atoms with E-state index in [4.69, 9.17) is 27.9 Å². The molecule has 3 nitrogen and oxygen atoms in total. The lowest BCUT2D eigenvalue weighted by Gasteiger charge is -2.05. The number of carbonyl (C=O) groups is 1. The minimum Gasteiger partial charge on any atom is -0.484 e. The van der Waals surface area contributed by atoms with Crippen LogP contribution in [0.3, 0.4) is 0 Å². The van der Waals surface area contributed by atoms with Crippen molar-refractivity contribution in [3.63, 3.8) is 0 Å². The molecule has 0 amide bonds. The molecule has 0 N–H and O–H groups in total. The number of pyridine rings is 1. The summed E-state index contributed by atoms with van der Waals surface area (Å²) in [4.78, 5) is 15.7. The number of carbonyl (C=O) groups excluding carboxylic acids is 1. The van der Waals surface area contributed by atoms with Crippen LogP contribution < -0.4 is 4.74 Å². The van der Waals surface area contributed by atoms with E-state index in [1.54, 1.807) is 30.3 Å². The van der Waals surface area contributed by atoms with Gasteiger partial charge in [0.15, 0.2) is 12.4 Å². The van der Waals surface area contributed by atoms with E-state index in [0.29, 0.717) is 21.4 Å². The summed E-state index contributed by atoms with van der Waals surface area (Å²) >= 11 is 11.6. The van der Waals surface area contributed by atoms with Crippen LogP contribution in [-0.4, -0.2) is 17.4 Å². The summed E-state index contributed by atoms with van der Waals surface area (Å²) in [6.07, 6.45) is 2.99. The Morgan fingerprint density at radius 2 is 2.00 bits per heavy atom. The number of hydrogen-bond donors (Lipinski definition) is 0. The number of rotatable bonds is 4. The first-order valence-electron chi connectivity index (χ1n) is 5.17. The van der Waals surface area contributed by atoms with E-state index in [9.17, 15) is 4.79 Å². The number of hydrogen-bond acceptors (Lipinski definition) is 3. The maximum Gasteiger partial charge on any atom is 0.200 e. The molecule has 2 aromatic rings. The van der Waals surface area contributed by atoms with Crippen LogP contribution in [0.4, 0.5) is 0 Å². The zero-order chi connectivity index (χ0) is 13.0. The fourth-order valence-corrected chi connectivity index (χ4v) is 1.72. The van der Waals surface area contributed by atoms with Gasteiger partial charge in [0.05, 0.1) is 11.2 Å². The molecule has 2 rings (SSSR count). The van der Waals surface area contributed by atoms with E-state index >= 15 is 0 Å². The van der Waals surface area contributed by atoms with Gasteiger partial charge in [-0.3, -0.25) is 9.78 Å². The van der Waals surface area contributed by atoms with Crippen LogP contribution in [0.1, 0.15) is 10.4 Å². The summed E-state index contributed by atoms with van der Waals surface area (Å²) < 4.78 is 5.30. The Hall–Kier alpha value is -1.58. The molecular formula is C13H9Cl2NO2. The maximum absolute atomic E-state index is 11.8. The van der Waals surface area contributed by atoms with E-state index in [2.05, 4.69) is 4.98 Å². The van der Waals surface area contributed by atoms with E-state index in [1.165, 1.54) is 12.4 Å². The number of Topliss-reactive ketones (excluding diaryl/α,β-unsaturated/α-hetero) is 1. The Morgan fingerprint density at radius 1 is 1.17 bits per heavy atom. The summed E-state index contributed by atoms with van der Waals surface area (Å²) in [7, 11) is 0. The third-order valence-electron chi connectivity index (χ3n) is 2.20. The number of aromatic nitrogens is 1. The third kappa shape index (κ3) is 3.45. The highest BCUT2D eigenvalue weighted by molar-refractivity contribution is 6.31. The predicted molar refractivity (Wildman–Crippen MR) is 70.5 cm³/mol. The Morgan fingerprint density at radius 3 is 2.72 bits per heavy atom. The Labute approximate surface area is 114 Å². The summed E-state index contributed by atoms with van der Waals surface area (Å²) in [5.41, 5.74) is 0.512. The predicted octanol–water partition coefficient (Wildman–Crippen LogP) is 3.65. The lowest BCUT2D eigenvalue weighted by Crippen LogP contribution is -2.11. The van der Waals surface area contributed by atoms with Crippen molar-refractivity contribution in [2.75, 3.05) is 6.61 Å². The Bertz CT molecular complexity index is 572. The van der Waals surface area contributed by atoms with Crippen molar-refractivity contribution in [3.05, 3.63) is 58.3 Å². The molecule has 92 valence electrons. The number of ketones is 1. The molecular weight excluding hydrogens is 273 g/mol. The second kappa shape index (κ2) is 5.85. The van der Waals surface area contributed by atoms with E-state index in [-0.39, 0.29) is 12.4 Å². The minimum atomic E-state index is -0.155. The van der Waals surface area contributed by atoms with Gasteiger partial charge in [0.2, 0.25) is 0 Å². The second-order valence-electron chi connectivity index (χ2n) is 3.56. The van der Waals surface area contributed by atoms with Gasteiger partial charge in [-0.15, -0.1) is 0 Å². The normalized spacial score (nSPS) is 10.1. The lowest BCUT2D eigenvalue weighted by molar-refractivity contribution is 0.0921. The molecule has 0 unspecified atom stereocenters. The molecule has 0 fully saturated rings. The maximum atomic E-state index is 11.8. The monoisotopic (exact) mass is 281 g/mol. The average molecular weight is 282 g/mol. The fourth-order valence-electron chi connectivity index (χ4n) is 1.37. The van der Waals surface area contributed by atoms with E-state index in [1.807, 2.05) is 0 Å². The molecule has 0 atom stereocenters. The topological polar surface area (TPSA) is 39.2 Å². The quantitative estimate of drug-likeness (QED) is 0.803. The molecule has 0 aliphatic carbocycles. The SMILES string of the molecule is O=C(COc1cncc(Cl)c1)c1cccc(Cl)c1. The van der Waals surface area contributed by atoms with Crippen molar-refractivity contribution in [2.24, 2.45) is 0 Å². The van der Waals surface area contributed by atoms with Crippen LogP contribution in [0.15, 0.2) is 42.7 Å². The van der Waals surface area contributed by atoms with Crippen LogP contribution in [0.2, 0.25) is 10.0 Å². The van der Waals surface area contributed by atoms with Crippen molar-refractivity contribution in [1.29, 1.82) is 0 Å². The number of ether oxygens (including phenoxy) is 1. The lowest BCUT2D eigenvalue weighted by atomic mass is 10.1. The molecule has 5 heteroatoms. The van der Waals surface area contributed by atoms with Crippen LogP contribution >= 0.6 is 23.2 Å². The molecule has 1 aromatic heterocycles. The summed E-state index contributed by atoms with van der Waals surface area (Å²) in [6, 6.07) is 8.31. The van der Waals surface area contributed by atoms with Gasteiger partial charge in [-0.1, -0.05) is 35.3 Å². The Kier molecular flexibility index (Phi) is 4.18. The first kappa shape index (κ1) is 12.9.